The molecule has 0 aromatic rings. The lowest BCUT2D eigenvalue weighted by molar-refractivity contribution is 0.238. The van der Waals surface area contributed by atoms with Gasteiger partial charge in [0.25, 0.3) is 0 Å². The molecule has 2 aliphatic rings. The maximum absolute atomic E-state index is 11.5. The van der Waals surface area contributed by atoms with Crippen molar-refractivity contribution >= 4 is 34.5 Å². The zero-order valence-electron chi connectivity index (χ0n) is 8.08. The maximum Gasteiger partial charge on any atom is 0.0447 e. The molecule has 1 unspecified atom stereocenters. The molecule has 0 amide bonds. The number of hydrogen-bond donors (Lipinski definition) is 2. The van der Waals surface area contributed by atoms with Gasteiger partial charge in [0.2, 0.25) is 0 Å². The maximum atomic E-state index is 11.5. The van der Waals surface area contributed by atoms with E-state index in [1.54, 1.807) is 0 Å². The van der Waals surface area contributed by atoms with Crippen molar-refractivity contribution in [3.63, 3.8) is 0 Å². The molecule has 1 atom stereocenters. The second-order valence-corrected chi connectivity index (χ2v) is 6.48. The Labute approximate surface area is 98.2 Å². The minimum atomic E-state index is -2.18. The van der Waals surface area contributed by atoms with Crippen molar-refractivity contribution in [3.05, 3.63) is 0 Å². The predicted molar refractivity (Wildman–Crippen MR) is 64.2 cm³/mol. The van der Waals surface area contributed by atoms with E-state index in [0.29, 0.717) is 11.5 Å². The van der Waals surface area contributed by atoms with Gasteiger partial charge in [0, 0.05) is 21.2 Å². The smallest absolute Gasteiger partial charge is 0.0447 e. The third kappa shape index (κ3) is 2.99. The van der Waals surface area contributed by atoms with Crippen LogP contribution >= 0.6 is 24.8 Å². The fraction of sp³-hybridized carbons (Fsp3) is 1.00. The zero-order valence-corrected chi connectivity index (χ0v) is 10.5. The first-order chi connectivity index (χ1) is 5.62. The standard InChI is InChI=1S/C8H16N2OS.2ClH/c9-12(11)6-3-8(7-12)1-4-10-5-2-8;;/h9-10H,1-7H2;2*1H. The fourth-order valence-corrected chi connectivity index (χ4v) is 4.70. The SMILES string of the molecule is Cl.Cl.N=S1(=O)CCC2(CCNCC2)C1. The minimum Gasteiger partial charge on any atom is -0.317 e. The molecular weight excluding hydrogens is 243 g/mol. The van der Waals surface area contributed by atoms with Crippen LogP contribution in [0.15, 0.2) is 0 Å². The van der Waals surface area contributed by atoms with Crippen molar-refractivity contribution in [2.24, 2.45) is 5.41 Å². The van der Waals surface area contributed by atoms with Crippen LogP contribution < -0.4 is 5.32 Å². The van der Waals surface area contributed by atoms with Crippen LogP contribution in [0.4, 0.5) is 0 Å². The molecule has 0 aliphatic carbocycles. The summed E-state index contributed by atoms with van der Waals surface area (Å²) in [6, 6.07) is 0. The van der Waals surface area contributed by atoms with Crippen molar-refractivity contribution < 1.29 is 4.21 Å². The van der Waals surface area contributed by atoms with E-state index in [9.17, 15) is 4.21 Å². The van der Waals surface area contributed by atoms with Crippen molar-refractivity contribution in [2.75, 3.05) is 24.6 Å². The first-order valence-electron chi connectivity index (χ1n) is 4.57. The molecule has 0 aromatic heterocycles. The molecule has 2 aliphatic heterocycles. The Morgan fingerprint density at radius 3 is 2.14 bits per heavy atom. The first-order valence-corrected chi connectivity index (χ1v) is 6.47. The van der Waals surface area contributed by atoms with E-state index in [2.05, 4.69) is 5.32 Å². The minimum absolute atomic E-state index is 0. The van der Waals surface area contributed by atoms with Crippen LogP contribution in [-0.2, 0) is 9.73 Å². The largest absolute Gasteiger partial charge is 0.317 e. The average Bonchev–Trinajstić information content (AvgIpc) is 2.29. The van der Waals surface area contributed by atoms with Crippen molar-refractivity contribution in [2.45, 2.75) is 19.3 Å². The molecule has 0 aromatic carbocycles. The highest BCUT2D eigenvalue weighted by atomic mass is 35.5. The van der Waals surface area contributed by atoms with Gasteiger partial charge in [0.1, 0.15) is 0 Å². The highest BCUT2D eigenvalue weighted by Crippen LogP contribution is 2.39. The Kier molecular flexibility index (Phi) is 5.19. The summed E-state index contributed by atoms with van der Waals surface area (Å²) in [4.78, 5) is 0. The van der Waals surface area contributed by atoms with Gasteiger partial charge >= 0.3 is 0 Å². The summed E-state index contributed by atoms with van der Waals surface area (Å²) in [6.45, 7) is 2.10. The van der Waals surface area contributed by atoms with Gasteiger partial charge in [-0.2, -0.15) is 0 Å². The monoisotopic (exact) mass is 260 g/mol. The van der Waals surface area contributed by atoms with E-state index in [-0.39, 0.29) is 30.2 Å². The van der Waals surface area contributed by atoms with Gasteiger partial charge in [-0.25, -0.2) is 4.21 Å². The predicted octanol–water partition coefficient (Wildman–Crippen LogP) is 1.65. The van der Waals surface area contributed by atoms with E-state index in [4.69, 9.17) is 4.78 Å². The number of halogens is 2. The Morgan fingerprint density at radius 2 is 1.71 bits per heavy atom. The van der Waals surface area contributed by atoms with Crippen LogP contribution in [-0.4, -0.2) is 28.8 Å². The van der Waals surface area contributed by atoms with E-state index in [1.807, 2.05) is 0 Å². The second kappa shape index (κ2) is 5.01. The summed E-state index contributed by atoms with van der Waals surface area (Å²) in [5, 5.41) is 3.31. The van der Waals surface area contributed by atoms with Crippen LogP contribution in [0.2, 0.25) is 0 Å². The molecule has 14 heavy (non-hydrogen) atoms. The van der Waals surface area contributed by atoms with Crippen molar-refractivity contribution in [1.29, 1.82) is 4.78 Å². The number of hydrogen-bond acceptors (Lipinski definition) is 3. The molecule has 0 bridgehead atoms. The summed E-state index contributed by atoms with van der Waals surface area (Å²) in [5.41, 5.74) is 0.282. The second-order valence-electron chi connectivity index (χ2n) is 4.16. The lowest BCUT2D eigenvalue weighted by Crippen LogP contribution is -2.37. The Balaban J connectivity index is 0.000000845. The molecule has 2 N–H and O–H groups in total. The van der Waals surface area contributed by atoms with E-state index in [1.165, 1.54) is 0 Å². The fourth-order valence-electron chi connectivity index (χ4n) is 2.37. The molecule has 2 rings (SSSR count). The molecule has 0 saturated carbocycles. The van der Waals surface area contributed by atoms with Gasteiger partial charge in [0.15, 0.2) is 0 Å². The lowest BCUT2D eigenvalue weighted by atomic mass is 9.79. The van der Waals surface area contributed by atoms with Gasteiger partial charge in [0.05, 0.1) is 0 Å². The number of rotatable bonds is 0. The van der Waals surface area contributed by atoms with Gasteiger partial charge in [-0.1, -0.05) is 0 Å². The van der Waals surface area contributed by atoms with Crippen LogP contribution in [0.1, 0.15) is 19.3 Å². The Bertz CT molecular complexity index is 273. The summed E-state index contributed by atoms with van der Waals surface area (Å²) < 4.78 is 19.1. The molecular formula is C8H18Cl2N2OS. The average molecular weight is 261 g/mol. The zero-order chi connectivity index (χ0) is 8.66. The van der Waals surface area contributed by atoms with E-state index < -0.39 is 9.73 Å². The topological polar surface area (TPSA) is 53.0 Å². The molecule has 2 saturated heterocycles. The molecule has 3 nitrogen and oxygen atoms in total. The van der Waals surface area contributed by atoms with Crippen LogP contribution in [0.5, 0.6) is 0 Å². The molecule has 2 fully saturated rings. The van der Waals surface area contributed by atoms with E-state index >= 15 is 0 Å². The Hall–Kier alpha value is 0.490. The van der Waals surface area contributed by atoms with Crippen LogP contribution in [0.3, 0.4) is 0 Å². The summed E-state index contributed by atoms with van der Waals surface area (Å²) >= 11 is 0. The highest BCUT2D eigenvalue weighted by molar-refractivity contribution is 7.92. The van der Waals surface area contributed by atoms with Crippen molar-refractivity contribution in [1.82, 2.24) is 5.32 Å². The number of nitrogens with one attached hydrogen (secondary N) is 2. The summed E-state index contributed by atoms with van der Waals surface area (Å²) in [5.74, 6) is 1.31. The lowest BCUT2D eigenvalue weighted by Gasteiger charge is -2.32. The molecule has 6 heteroatoms. The van der Waals surface area contributed by atoms with Crippen molar-refractivity contribution in [3.8, 4) is 0 Å². The normalized spacial score (nSPS) is 34.6. The quantitative estimate of drug-likeness (QED) is 0.696. The van der Waals surface area contributed by atoms with Gasteiger partial charge in [-0.3, -0.25) is 4.78 Å². The summed E-state index contributed by atoms with van der Waals surface area (Å²) in [6.07, 6.45) is 3.28. The third-order valence-corrected chi connectivity index (χ3v) is 5.11. The number of piperidine rings is 1. The van der Waals surface area contributed by atoms with E-state index in [0.717, 1.165) is 32.4 Å². The van der Waals surface area contributed by atoms with Gasteiger partial charge in [-0.05, 0) is 37.8 Å². The summed E-state index contributed by atoms with van der Waals surface area (Å²) in [7, 11) is -2.18. The third-order valence-electron chi connectivity index (χ3n) is 3.17. The molecule has 2 heterocycles. The molecule has 86 valence electrons. The van der Waals surface area contributed by atoms with Gasteiger partial charge < -0.3 is 5.32 Å². The Morgan fingerprint density at radius 1 is 1.14 bits per heavy atom. The van der Waals surface area contributed by atoms with Gasteiger partial charge in [-0.15, -0.1) is 24.8 Å². The molecule has 1 spiro atoms. The highest BCUT2D eigenvalue weighted by Gasteiger charge is 2.40. The van der Waals surface area contributed by atoms with Crippen LogP contribution in [0.25, 0.3) is 0 Å². The first kappa shape index (κ1) is 14.5. The van der Waals surface area contributed by atoms with Crippen LogP contribution in [0, 0.1) is 10.2 Å². The molecule has 0 radical (unpaired) electrons.